The van der Waals surface area contributed by atoms with E-state index in [1.54, 1.807) is 0 Å². The standard InChI is InChI=1S/C6H10S/c1-6-4-2-3-5-7-6/h4H,2-3,5H2,1H3. The highest BCUT2D eigenvalue weighted by molar-refractivity contribution is 8.03. The maximum absolute atomic E-state index is 2.31. The second-order valence-electron chi connectivity index (χ2n) is 1.81. The normalized spacial score (nSPS) is 21.6. The van der Waals surface area contributed by atoms with Crippen LogP contribution >= 0.6 is 11.8 Å². The van der Waals surface area contributed by atoms with Crippen molar-refractivity contribution in [3.63, 3.8) is 0 Å². The fourth-order valence-electron chi connectivity index (χ4n) is 0.681. The third-order valence-electron chi connectivity index (χ3n) is 1.11. The Kier molecular flexibility index (Phi) is 1.80. The minimum Gasteiger partial charge on any atom is -0.131 e. The topological polar surface area (TPSA) is 0 Å². The highest BCUT2D eigenvalue weighted by atomic mass is 32.2. The maximum Gasteiger partial charge on any atom is -0.00205 e. The number of allylic oxidation sites excluding steroid dienone is 2. The van der Waals surface area contributed by atoms with Crippen LogP contribution in [0.2, 0.25) is 0 Å². The number of thioether (sulfide) groups is 1. The van der Waals surface area contributed by atoms with E-state index in [-0.39, 0.29) is 0 Å². The second kappa shape index (κ2) is 2.41. The molecule has 0 atom stereocenters. The van der Waals surface area contributed by atoms with Gasteiger partial charge < -0.3 is 0 Å². The Labute approximate surface area is 49.0 Å². The molecule has 0 bridgehead atoms. The Morgan fingerprint density at radius 1 is 1.71 bits per heavy atom. The van der Waals surface area contributed by atoms with Crippen LogP contribution in [0.3, 0.4) is 0 Å². The molecule has 0 saturated carbocycles. The van der Waals surface area contributed by atoms with E-state index in [4.69, 9.17) is 0 Å². The minimum atomic E-state index is 1.30. The van der Waals surface area contributed by atoms with E-state index < -0.39 is 0 Å². The summed E-state index contributed by atoms with van der Waals surface area (Å²) in [7, 11) is 0. The van der Waals surface area contributed by atoms with Crippen LogP contribution in [0, 0.1) is 0 Å². The summed E-state index contributed by atoms with van der Waals surface area (Å²) in [5.41, 5.74) is 0. The molecule has 1 aliphatic rings. The lowest BCUT2D eigenvalue weighted by molar-refractivity contribution is 0.957. The van der Waals surface area contributed by atoms with Crippen LogP contribution in [0.15, 0.2) is 11.0 Å². The average Bonchev–Trinajstić information content (AvgIpc) is 1.69. The van der Waals surface area contributed by atoms with E-state index in [1.165, 1.54) is 23.5 Å². The zero-order valence-corrected chi connectivity index (χ0v) is 5.42. The largest absolute Gasteiger partial charge is 0.131 e. The summed E-state index contributed by atoms with van der Waals surface area (Å²) in [6, 6.07) is 0. The molecular weight excluding hydrogens is 104 g/mol. The van der Waals surface area contributed by atoms with E-state index in [1.807, 2.05) is 11.8 Å². The molecule has 0 aliphatic carbocycles. The van der Waals surface area contributed by atoms with Crippen molar-refractivity contribution in [2.45, 2.75) is 19.8 Å². The lowest BCUT2D eigenvalue weighted by atomic mass is 10.3. The third kappa shape index (κ3) is 1.56. The SMILES string of the molecule is CC1=CCCCS1. The molecule has 0 saturated heterocycles. The molecule has 0 nitrogen and oxygen atoms in total. The average molecular weight is 114 g/mol. The molecule has 7 heavy (non-hydrogen) atoms. The van der Waals surface area contributed by atoms with Gasteiger partial charge in [-0.15, -0.1) is 11.8 Å². The fourth-order valence-corrected chi connectivity index (χ4v) is 1.55. The molecule has 1 aliphatic heterocycles. The molecule has 1 heterocycles. The Morgan fingerprint density at radius 3 is 2.86 bits per heavy atom. The van der Waals surface area contributed by atoms with Crippen molar-refractivity contribution in [1.29, 1.82) is 0 Å². The van der Waals surface area contributed by atoms with Gasteiger partial charge in [-0.3, -0.25) is 0 Å². The van der Waals surface area contributed by atoms with Crippen molar-refractivity contribution in [3.05, 3.63) is 11.0 Å². The Hall–Kier alpha value is 0.0900. The summed E-state index contributed by atoms with van der Waals surface area (Å²) >= 11 is 1.98. The summed E-state index contributed by atoms with van der Waals surface area (Å²) in [6.07, 6.45) is 5.00. The third-order valence-corrected chi connectivity index (χ3v) is 2.22. The van der Waals surface area contributed by atoms with Gasteiger partial charge in [-0.2, -0.15) is 0 Å². The molecule has 1 rings (SSSR count). The first-order valence-electron chi connectivity index (χ1n) is 2.69. The molecule has 0 aromatic carbocycles. The predicted octanol–water partition coefficient (Wildman–Crippen LogP) is 2.42. The van der Waals surface area contributed by atoms with Crippen LogP contribution in [0.25, 0.3) is 0 Å². The van der Waals surface area contributed by atoms with Crippen LogP contribution in [0.5, 0.6) is 0 Å². The van der Waals surface area contributed by atoms with Gasteiger partial charge in [0.05, 0.1) is 0 Å². The molecule has 0 spiro atoms. The van der Waals surface area contributed by atoms with Gasteiger partial charge in [0.15, 0.2) is 0 Å². The maximum atomic E-state index is 2.31. The molecule has 40 valence electrons. The number of hydrogen-bond acceptors (Lipinski definition) is 1. The van der Waals surface area contributed by atoms with Crippen molar-refractivity contribution >= 4 is 11.8 Å². The Morgan fingerprint density at radius 2 is 2.57 bits per heavy atom. The Bertz CT molecular complexity index is 84.2. The van der Waals surface area contributed by atoms with Crippen molar-refractivity contribution in [1.82, 2.24) is 0 Å². The van der Waals surface area contributed by atoms with Gasteiger partial charge in [-0.1, -0.05) is 6.08 Å². The summed E-state index contributed by atoms with van der Waals surface area (Å²) < 4.78 is 0. The fraction of sp³-hybridized carbons (Fsp3) is 0.667. The van der Waals surface area contributed by atoms with Gasteiger partial charge in [0.1, 0.15) is 0 Å². The van der Waals surface area contributed by atoms with Gasteiger partial charge >= 0.3 is 0 Å². The summed E-state index contributed by atoms with van der Waals surface area (Å²) in [5, 5.41) is 0. The van der Waals surface area contributed by atoms with Gasteiger partial charge in [0.2, 0.25) is 0 Å². The molecule has 0 fully saturated rings. The van der Waals surface area contributed by atoms with Gasteiger partial charge in [-0.05, 0) is 30.4 Å². The molecule has 0 unspecified atom stereocenters. The molecular formula is C6H10S. The van der Waals surface area contributed by atoms with Gasteiger partial charge in [0.25, 0.3) is 0 Å². The van der Waals surface area contributed by atoms with E-state index in [9.17, 15) is 0 Å². The van der Waals surface area contributed by atoms with Crippen LogP contribution in [-0.4, -0.2) is 5.75 Å². The van der Waals surface area contributed by atoms with E-state index in [0.29, 0.717) is 0 Å². The predicted molar refractivity (Wildman–Crippen MR) is 35.4 cm³/mol. The van der Waals surface area contributed by atoms with E-state index in [0.717, 1.165) is 0 Å². The first-order valence-corrected chi connectivity index (χ1v) is 3.68. The van der Waals surface area contributed by atoms with Crippen molar-refractivity contribution < 1.29 is 0 Å². The lowest BCUT2D eigenvalue weighted by Gasteiger charge is -2.05. The van der Waals surface area contributed by atoms with Gasteiger partial charge in [-0.25, -0.2) is 0 Å². The smallest absolute Gasteiger partial charge is 0.00205 e. The van der Waals surface area contributed by atoms with Crippen molar-refractivity contribution in [2.75, 3.05) is 5.75 Å². The first-order chi connectivity index (χ1) is 3.39. The minimum absolute atomic E-state index is 1.30. The number of hydrogen-bond donors (Lipinski definition) is 0. The highest BCUT2D eigenvalue weighted by Crippen LogP contribution is 2.21. The second-order valence-corrected chi connectivity index (χ2v) is 3.15. The van der Waals surface area contributed by atoms with Crippen LogP contribution < -0.4 is 0 Å². The summed E-state index contributed by atoms with van der Waals surface area (Å²) in [4.78, 5) is 1.51. The lowest BCUT2D eigenvalue weighted by Crippen LogP contribution is -1.84. The zero-order chi connectivity index (χ0) is 5.11. The molecule has 0 N–H and O–H groups in total. The van der Waals surface area contributed by atoms with E-state index in [2.05, 4.69) is 13.0 Å². The molecule has 0 aromatic rings. The van der Waals surface area contributed by atoms with Crippen molar-refractivity contribution in [2.24, 2.45) is 0 Å². The first kappa shape index (κ1) is 5.23. The summed E-state index contributed by atoms with van der Waals surface area (Å²) in [5.74, 6) is 1.34. The van der Waals surface area contributed by atoms with Gasteiger partial charge in [0, 0.05) is 0 Å². The highest BCUT2D eigenvalue weighted by Gasteiger charge is 1.95. The summed E-state index contributed by atoms with van der Waals surface area (Å²) in [6.45, 7) is 2.18. The molecule has 0 radical (unpaired) electrons. The van der Waals surface area contributed by atoms with Crippen LogP contribution in [0.1, 0.15) is 19.8 Å². The molecule has 0 aromatic heterocycles. The monoisotopic (exact) mass is 114 g/mol. The van der Waals surface area contributed by atoms with Crippen LogP contribution in [0.4, 0.5) is 0 Å². The van der Waals surface area contributed by atoms with E-state index >= 15 is 0 Å². The van der Waals surface area contributed by atoms with Crippen LogP contribution in [-0.2, 0) is 0 Å². The molecule has 1 heteroatoms. The molecule has 0 amide bonds. The zero-order valence-electron chi connectivity index (χ0n) is 4.61. The Balaban J connectivity index is 2.40. The quantitative estimate of drug-likeness (QED) is 0.466. The van der Waals surface area contributed by atoms with Crippen molar-refractivity contribution in [3.8, 4) is 0 Å². The number of rotatable bonds is 0.